The van der Waals surface area contributed by atoms with Crippen LogP contribution in [-0.2, 0) is 4.79 Å². The SMILES string of the molecule is O=C(N=C1SCN1c1cc(Cl)cc(Cl)c1)C(F)(F)F. The van der Waals surface area contributed by atoms with E-state index in [-0.39, 0.29) is 5.17 Å². The monoisotopic (exact) mass is 328 g/mol. The second-order valence-corrected chi connectivity index (χ2v) is 5.31. The van der Waals surface area contributed by atoms with Gasteiger partial charge < -0.3 is 4.90 Å². The number of carbonyl (C=O) groups is 1. The Hall–Kier alpha value is -0.920. The molecule has 3 nitrogen and oxygen atoms in total. The zero-order chi connectivity index (χ0) is 14.2. The predicted octanol–water partition coefficient (Wildman–Crippen LogP) is 3.95. The van der Waals surface area contributed by atoms with E-state index in [1.165, 1.54) is 23.1 Å². The van der Waals surface area contributed by atoms with E-state index in [0.717, 1.165) is 11.8 Å². The van der Waals surface area contributed by atoms with Crippen LogP contribution in [0.3, 0.4) is 0 Å². The van der Waals surface area contributed by atoms with Crippen LogP contribution in [0, 0.1) is 0 Å². The van der Waals surface area contributed by atoms with Crippen LogP contribution in [0.5, 0.6) is 0 Å². The number of thioether (sulfide) groups is 1. The van der Waals surface area contributed by atoms with E-state index in [2.05, 4.69) is 4.99 Å². The van der Waals surface area contributed by atoms with Gasteiger partial charge in [0.15, 0.2) is 5.17 Å². The maximum atomic E-state index is 12.1. The standard InChI is InChI=1S/C10H5Cl2F3N2OS/c11-5-1-6(12)3-7(2-5)17-4-19-9(17)16-8(18)10(13,14)15/h1-3H,4H2. The summed E-state index contributed by atoms with van der Waals surface area (Å²) in [7, 11) is 0. The molecular weight excluding hydrogens is 324 g/mol. The summed E-state index contributed by atoms with van der Waals surface area (Å²) in [5.74, 6) is -1.76. The van der Waals surface area contributed by atoms with E-state index in [9.17, 15) is 18.0 Å². The van der Waals surface area contributed by atoms with Crippen LogP contribution in [0.1, 0.15) is 0 Å². The molecule has 1 aromatic carbocycles. The molecule has 0 atom stereocenters. The van der Waals surface area contributed by atoms with Crippen molar-refractivity contribution >= 4 is 51.7 Å². The van der Waals surface area contributed by atoms with E-state index in [1.54, 1.807) is 0 Å². The van der Waals surface area contributed by atoms with Gasteiger partial charge in [0.1, 0.15) is 0 Å². The maximum Gasteiger partial charge on any atom is 0.473 e. The summed E-state index contributed by atoms with van der Waals surface area (Å²) in [5.41, 5.74) is 0.491. The van der Waals surface area contributed by atoms with Crippen molar-refractivity contribution in [3.8, 4) is 0 Å². The highest BCUT2D eigenvalue weighted by Gasteiger charge is 2.40. The van der Waals surface area contributed by atoms with Crippen LogP contribution in [-0.4, -0.2) is 23.1 Å². The summed E-state index contributed by atoms with van der Waals surface area (Å²) >= 11 is 12.6. The summed E-state index contributed by atoms with van der Waals surface area (Å²) in [6, 6.07) is 4.55. The number of alkyl halides is 3. The zero-order valence-corrected chi connectivity index (χ0v) is 11.4. The molecule has 9 heteroatoms. The van der Waals surface area contributed by atoms with Gasteiger partial charge in [-0.1, -0.05) is 35.0 Å². The molecule has 0 spiro atoms. The largest absolute Gasteiger partial charge is 0.473 e. The molecule has 1 amide bonds. The molecule has 1 heterocycles. The first-order chi connectivity index (χ1) is 8.77. The van der Waals surface area contributed by atoms with E-state index < -0.39 is 12.1 Å². The zero-order valence-electron chi connectivity index (χ0n) is 9.04. The topological polar surface area (TPSA) is 32.7 Å². The van der Waals surface area contributed by atoms with Crippen LogP contribution in [0.25, 0.3) is 0 Å². The van der Waals surface area contributed by atoms with Crippen molar-refractivity contribution in [3.63, 3.8) is 0 Å². The lowest BCUT2D eigenvalue weighted by Gasteiger charge is -2.33. The summed E-state index contributed by atoms with van der Waals surface area (Å²) < 4.78 is 36.3. The fourth-order valence-corrected chi connectivity index (χ4v) is 2.60. The van der Waals surface area contributed by atoms with Crippen LogP contribution in [0.15, 0.2) is 23.2 Å². The molecule has 1 aliphatic heterocycles. The van der Waals surface area contributed by atoms with Crippen LogP contribution < -0.4 is 4.90 Å². The minimum Gasteiger partial charge on any atom is -0.310 e. The van der Waals surface area contributed by atoms with Crippen molar-refractivity contribution in [2.45, 2.75) is 6.18 Å². The van der Waals surface area contributed by atoms with Crippen molar-refractivity contribution in [1.29, 1.82) is 0 Å². The number of aliphatic imine (C=N–C) groups is 1. The average Bonchev–Trinajstić information content (AvgIpc) is 2.21. The molecule has 0 saturated carbocycles. The molecule has 0 aromatic heterocycles. The number of hydrogen-bond acceptors (Lipinski definition) is 2. The molecule has 0 radical (unpaired) electrons. The summed E-state index contributed by atoms with van der Waals surface area (Å²) in [6.45, 7) is 0. The number of carbonyl (C=O) groups excluding carboxylic acids is 1. The quantitative estimate of drug-likeness (QED) is 0.782. The number of nitrogens with zero attached hydrogens (tertiary/aromatic N) is 2. The molecule has 19 heavy (non-hydrogen) atoms. The van der Waals surface area contributed by atoms with Crippen molar-refractivity contribution < 1.29 is 18.0 Å². The van der Waals surface area contributed by atoms with Crippen molar-refractivity contribution in [2.24, 2.45) is 4.99 Å². The van der Waals surface area contributed by atoms with Gasteiger partial charge in [-0.25, -0.2) is 0 Å². The Labute approximate surface area is 120 Å². The first-order valence-corrected chi connectivity index (χ1v) is 6.58. The third-order valence-electron chi connectivity index (χ3n) is 2.15. The number of amides is 1. The molecule has 0 N–H and O–H groups in total. The van der Waals surface area contributed by atoms with E-state index in [4.69, 9.17) is 23.2 Å². The molecule has 1 fully saturated rings. The third-order valence-corrected chi connectivity index (χ3v) is 3.55. The van der Waals surface area contributed by atoms with Gasteiger partial charge in [0, 0.05) is 15.7 Å². The normalized spacial score (nSPS) is 17.5. The average molecular weight is 329 g/mol. The fourth-order valence-electron chi connectivity index (χ4n) is 1.31. The van der Waals surface area contributed by atoms with Gasteiger partial charge in [-0.15, -0.1) is 0 Å². The van der Waals surface area contributed by atoms with Crippen LogP contribution in [0.4, 0.5) is 18.9 Å². The number of halogens is 5. The number of anilines is 1. The highest BCUT2D eigenvalue weighted by Crippen LogP contribution is 2.34. The Morgan fingerprint density at radius 2 is 1.84 bits per heavy atom. The summed E-state index contributed by atoms with van der Waals surface area (Å²) in [6.07, 6.45) is -4.97. The molecule has 1 saturated heterocycles. The molecule has 2 rings (SSSR count). The smallest absolute Gasteiger partial charge is 0.310 e. The van der Waals surface area contributed by atoms with Gasteiger partial charge in [0.25, 0.3) is 0 Å². The maximum absolute atomic E-state index is 12.1. The number of benzene rings is 1. The number of amidine groups is 1. The molecule has 0 unspecified atom stereocenters. The van der Waals surface area contributed by atoms with E-state index >= 15 is 0 Å². The Balaban J connectivity index is 2.23. The molecule has 102 valence electrons. The lowest BCUT2D eigenvalue weighted by atomic mass is 10.3. The Bertz CT molecular complexity index is 542. The third kappa shape index (κ3) is 3.34. The number of hydrogen-bond donors (Lipinski definition) is 0. The van der Waals surface area contributed by atoms with Gasteiger partial charge in [-0.05, 0) is 18.2 Å². The molecule has 0 bridgehead atoms. The van der Waals surface area contributed by atoms with E-state index in [1.807, 2.05) is 0 Å². The van der Waals surface area contributed by atoms with Crippen LogP contribution in [0.2, 0.25) is 10.0 Å². The summed E-state index contributed by atoms with van der Waals surface area (Å²) in [5, 5.41) is 0.669. The first-order valence-electron chi connectivity index (χ1n) is 4.83. The fraction of sp³-hybridized carbons (Fsp3) is 0.200. The molecule has 1 aliphatic rings. The highest BCUT2D eigenvalue weighted by molar-refractivity contribution is 8.16. The predicted molar refractivity (Wildman–Crippen MR) is 69.9 cm³/mol. The lowest BCUT2D eigenvalue weighted by molar-refractivity contribution is -0.169. The molecule has 0 aliphatic carbocycles. The minimum atomic E-state index is -4.97. The van der Waals surface area contributed by atoms with Gasteiger partial charge in [-0.3, -0.25) is 4.79 Å². The first kappa shape index (κ1) is 14.5. The Morgan fingerprint density at radius 3 is 2.26 bits per heavy atom. The van der Waals surface area contributed by atoms with Gasteiger partial charge in [-0.2, -0.15) is 18.2 Å². The Morgan fingerprint density at radius 1 is 1.26 bits per heavy atom. The molecular formula is C10H5Cl2F3N2OS. The number of rotatable bonds is 1. The molecule has 1 aromatic rings. The van der Waals surface area contributed by atoms with E-state index in [0.29, 0.717) is 21.6 Å². The van der Waals surface area contributed by atoms with Gasteiger partial charge in [0.05, 0.1) is 5.88 Å². The van der Waals surface area contributed by atoms with Gasteiger partial charge >= 0.3 is 12.1 Å². The summed E-state index contributed by atoms with van der Waals surface area (Å²) in [4.78, 5) is 15.2. The van der Waals surface area contributed by atoms with Crippen molar-refractivity contribution in [1.82, 2.24) is 0 Å². The second kappa shape index (κ2) is 5.22. The minimum absolute atomic E-state index is 0.0272. The Kier molecular flexibility index (Phi) is 3.98. The van der Waals surface area contributed by atoms with Crippen LogP contribution >= 0.6 is 35.0 Å². The van der Waals surface area contributed by atoms with Crippen molar-refractivity contribution in [3.05, 3.63) is 28.2 Å². The lowest BCUT2D eigenvalue weighted by Crippen LogP contribution is -2.40. The van der Waals surface area contributed by atoms with Gasteiger partial charge in [0.2, 0.25) is 0 Å². The second-order valence-electron chi connectivity index (χ2n) is 3.53. The van der Waals surface area contributed by atoms with Crippen molar-refractivity contribution in [2.75, 3.05) is 10.8 Å². The highest BCUT2D eigenvalue weighted by atomic mass is 35.5.